The number of H-pyrrole nitrogens is 1. The molecule has 0 aliphatic rings. The second kappa shape index (κ2) is 6.21. The Morgan fingerprint density at radius 2 is 1.80 bits per heavy atom. The zero-order chi connectivity index (χ0) is 17.2. The summed E-state index contributed by atoms with van der Waals surface area (Å²) in [6.45, 7) is 0. The molecule has 0 spiro atoms. The van der Waals surface area contributed by atoms with Gasteiger partial charge in [0, 0.05) is 6.42 Å². The Balaban J connectivity index is 1.67. The molecule has 3 aromatic carbocycles. The normalized spacial score (nSPS) is 12.1. The minimum atomic E-state index is -0.897. The van der Waals surface area contributed by atoms with Crippen LogP contribution in [-0.4, -0.2) is 15.8 Å². The number of nitrogens with zero attached hydrogens (tertiary/aromatic N) is 2. The maximum atomic E-state index is 12.8. The first-order valence-corrected chi connectivity index (χ1v) is 8.10. The van der Waals surface area contributed by atoms with Gasteiger partial charge in [0.1, 0.15) is 5.82 Å². The highest BCUT2D eigenvalue weighted by molar-refractivity contribution is 5.95. The number of nitrogens with one attached hydrogen (secondary N) is 1. The lowest BCUT2D eigenvalue weighted by molar-refractivity contribution is -0.118. The van der Waals surface area contributed by atoms with E-state index in [1.165, 1.54) is 0 Å². The lowest BCUT2D eigenvalue weighted by Crippen LogP contribution is -2.15. The molecule has 4 nitrogen and oxygen atoms in total. The Bertz CT molecular complexity index is 1080. The van der Waals surface area contributed by atoms with Crippen LogP contribution in [0.4, 0.5) is 0 Å². The van der Waals surface area contributed by atoms with Crippen LogP contribution in [0, 0.1) is 11.3 Å². The SMILES string of the molecule is N#CC(C(=O)Cc1cccc2ccccc12)c1nc2ccccc2[nH]1. The first kappa shape index (κ1) is 15.1. The van der Waals surface area contributed by atoms with Crippen molar-refractivity contribution < 1.29 is 4.79 Å². The zero-order valence-electron chi connectivity index (χ0n) is 13.4. The molecule has 4 rings (SSSR count). The summed E-state index contributed by atoms with van der Waals surface area (Å²) in [4.78, 5) is 20.3. The third-order valence-electron chi connectivity index (χ3n) is 4.38. The largest absolute Gasteiger partial charge is 0.340 e. The van der Waals surface area contributed by atoms with Crippen molar-refractivity contribution in [3.05, 3.63) is 78.1 Å². The number of carbonyl (C=O) groups excluding carboxylic acids is 1. The van der Waals surface area contributed by atoms with Crippen LogP contribution in [0.3, 0.4) is 0 Å². The molecule has 0 aliphatic carbocycles. The summed E-state index contributed by atoms with van der Waals surface area (Å²) in [6, 6.07) is 23.5. The fourth-order valence-corrected chi connectivity index (χ4v) is 3.13. The fourth-order valence-electron chi connectivity index (χ4n) is 3.13. The topological polar surface area (TPSA) is 69.5 Å². The number of hydrogen-bond donors (Lipinski definition) is 1. The van der Waals surface area contributed by atoms with Crippen LogP contribution >= 0.6 is 0 Å². The quantitative estimate of drug-likeness (QED) is 0.613. The summed E-state index contributed by atoms with van der Waals surface area (Å²) in [5.41, 5.74) is 2.52. The van der Waals surface area contributed by atoms with Crippen LogP contribution in [0.25, 0.3) is 21.8 Å². The van der Waals surface area contributed by atoms with Gasteiger partial charge in [-0.25, -0.2) is 4.98 Å². The highest BCUT2D eigenvalue weighted by Gasteiger charge is 2.24. The van der Waals surface area contributed by atoms with Crippen molar-refractivity contribution in [3.63, 3.8) is 0 Å². The van der Waals surface area contributed by atoms with Crippen molar-refractivity contribution in [2.75, 3.05) is 0 Å². The molecule has 0 bridgehead atoms. The summed E-state index contributed by atoms with van der Waals surface area (Å²) < 4.78 is 0. The zero-order valence-corrected chi connectivity index (χ0v) is 13.4. The molecule has 0 aliphatic heterocycles. The highest BCUT2D eigenvalue weighted by atomic mass is 16.1. The monoisotopic (exact) mass is 325 g/mol. The molecule has 4 aromatic rings. The van der Waals surface area contributed by atoms with E-state index in [-0.39, 0.29) is 12.2 Å². The van der Waals surface area contributed by atoms with E-state index in [1.807, 2.05) is 66.7 Å². The van der Waals surface area contributed by atoms with Crippen molar-refractivity contribution in [1.82, 2.24) is 9.97 Å². The van der Waals surface area contributed by atoms with E-state index in [2.05, 4.69) is 16.0 Å². The number of carbonyl (C=O) groups is 1. The van der Waals surface area contributed by atoms with Crippen LogP contribution in [0.1, 0.15) is 17.3 Å². The standard InChI is InChI=1S/C21H15N3O/c22-13-17(21-23-18-10-3-4-11-19(18)24-21)20(25)12-15-8-5-7-14-6-1-2-9-16(14)15/h1-11,17H,12H2,(H,23,24). The van der Waals surface area contributed by atoms with Gasteiger partial charge in [-0.3, -0.25) is 4.79 Å². The minimum Gasteiger partial charge on any atom is -0.340 e. The minimum absolute atomic E-state index is 0.155. The number of rotatable bonds is 4. The van der Waals surface area contributed by atoms with Crippen molar-refractivity contribution in [1.29, 1.82) is 5.26 Å². The average molecular weight is 325 g/mol. The number of hydrogen-bond acceptors (Lipinski definition) is 3. The van der Waals surface area contributed by atoms with E-state index in [1.54, 1.807) is 0 Å². The number of aromatic amines is 1. The number of nitriles is 1. The van der Waals surface area contributed by atoms with Crippen LogP contribution < -0.4 is 0 Å². The Morgan fingerprint density at radius 3 is 2.64 bits per heavy atom. The molecule has 1 aromatic heterocycles. The molecule has 0 saturated carbocycles. The molecule has 120 valence electrons. The average Bonchev–Trinajstić information content (AvgIpc) is 3.06. The maximum absolute atomic E-state index is 12.8. The van der Waals surface area contributed by atoms with E-state index in [0.717, 1.165) is 27.4 Å². The number of imidazole rings is 1. The third-order valence-corrected chi connectivity index (χ3v) is 4.38. The molecule has 25 heavy (non-hydrogen) atoms. The van der Waals surface area contributed by atoms with E-state index >= 15 is 0 Å². The van der Waals surface area contributed by atoms with Gasteiger partial charge in [-0.05, 0) is 28.5 Å². The highest BCUT2D eigenvalue weighted by Crippen LogP contribution is 2.23. The molecule has 0 saturated heterocycles. The summed E-state index contributed by atoms with van der Waals surface area (Å²) in [5, 5.41) is 11.7. The summed E-state index contributed by atoms with van der Waals surface area (Å²) in [7, 11) is 0. The van der Waals surface area contributed by atoms with Gasteiger partial charge in [-0.1, -0.05) is 54.6 Å². The van der Waals surface area contributed by atoms with Crippen molar-refractivity contribution in [2.24, 2.45) is 0 Å². The van der Waals surface area contributed by atoms with Gasteiger partial charge in [0.15, 0.2) is 11.7 Å². The maximum Gasteiger partial charge on any atom is 0.162 e. The first-order valence-electron chi connectivity index (χ1n) is 8.10. The molecule has 1 unspecified atom stereocenters. The lowest BCUT2D eigenvalue weighted by atomic mass is 9.95. The number of para-hydroxylation sites is 2. The van der Waals surface area contributed by atoms with Crippen LogP contribution in [0.15, 0.2) is 66.7 Å². The van der Waals surface area contributed by atoms with Crippen molar-refractivity contribution in [2.45, 2.75) is 12.3 Å². The molecule has 0 amide bonds. The molecule has 1 atom stereocenters. The van der Waals surface area contributed by atoms with Crippen molar-refractivity contribution >= 4 is 27.6 Å². The second-order valence-electron chi connectivity index (χ2n) is 5.98. The summed E-state index contributed by atoms with van der Waals surface area (Å²) >= 11 is 0. The molecule has 1 N–H and O–H groups in total. The van der Waals surface area contributed by atoms with Gasteiger partial charge in [0.2, 0.25) is 0 Å². The number of Topliss-reactive ketones (excluding diaryl/α,β-unsaturated/α-hetero) is 1. The number of benzene rings is 3. The predicted molar refractivity (Wildman–Crippen MR) is 97.1 cm³/mol. The Kier molecular flexibility index (Phi) is 3.75. The first-order chi connectivity index (χ1) is 12.3. The molecule has 4 heteroatoms. The molecule has 0 radical (unpaired) electrons. The van der Waals surface area contributed by atoms with Gasteiger partial charge < -0.3 is 4.98 Å². The van der Waals surface area contributed by atoms with Gasteiger partial charge >= 0.3 is 0 Å². The van der Waals surface area contributed by atoms with Gasteiger partial charge in [-0.15, -0.1) is 0 Å². The second-order valence-corrected chi connectivity index (χ2v) is 5.98. The number of fused-ring (bicyclic) bond motifs is 2. The molecule has 1 heterocycles. The smallest absolute Gasteiger partial charge is 0.162 e. The van der Waals surface area contributed by atoms with Gasteiger partial charge in [-0.2, -0.15) is 5.26 Å². The predicted octanol–water partition coefficient (Wildman–Crippen LogP) is 4.14. The molecule has 0 fully saturated rings. The van der Waals surface area contributed by atoms with Crippen LogP contribution in [-0.2, 0) is 11.2 Å². The van der Waals surface area contributed by atoms with Gasteiger partial charge in [0.25, 0.3) is 0 Å². The molecular weight excluding hydrogens is 310 g/mol. The summed E-state index contributed by atoms with van der Waals surface area (Å²) in [6.07, 6.45) is 0.205. The van der Waals surface area contributed by atoms with Gasteiger partial charge in [0.05, 0.1) is 17.1 Å². The fraction of sp³-hybridized carbons (Fsp3) is 0.0952. The Morgan fingerprint density at radius 1 is 1.04 bits per heavy atom. The van der Waals surface area contributed by atoms with E-state index in [0.29, 0.717) is 5.82 Å². The van der Waals surface area contributed by atoms with E-state index in [9.17, 15) is 10.1 Å². The number of ketones is 1. The number of aromatic nitrogens is 2. The Hall–Kier alpha value is -3.45. The van der Waals surface area contributed by atoms with Crippen LogP contribution in [0.5, 0.6) is 0 Å². The van der Waals surface area contributed by atoms with E-state index < -0.39 is 5.92 Å². The lowest BCUT2D eigenvalue weighted by Gasteiger charge is -2.08. The summed E-state index contributed by atoms with van der Waals surface area (Å²) in [5.74, 6) is -0.641. The van der Waals surface area contributed by atoms with E-state index in [4.69, 9.17) is 0 Å². The van der Waals surface area contributed by atoms with Crippen LogP contribution in [0.2, 0.25) is 0 Å². The Labute approximate surface area is 144 Å². The van der Waals surface area contributed by atoms with Crippen molar-refractivity contribution in [3.8, 4) is 6.07 Å². The molecular formula is C21H15N3O. The third kappa shape index (κ3) is 2.77.